The Hall–Kier alpha value is -4.85. The summed E-state index contributed by atoms with van der Waals surface area (Å²) in [6.45, 7) is 0.361. The molecule has 0 radical (unpaired) electrons. The molecule has 14 heteroatoms. The Bertz CT molecular complexity index is 1270. The van der Waals surface area contributed by atoms with Crippen LogP contribution in [0.5, 0.6) is 0 Å². The van der Waals surface area contributed by atoms with E-state index in [1.165, 1.54) is 9.80 Å². The fourth-order valence-electron chi connectivity index (χ4n) is 4.92. The van der Waals surface area contributed by atoms with Gasteiger partial charge in [0.05, 0.1) is 12.5 Å². The van der Waals surface area contributed by atoms with Gasteiger partial charge in [-0.3, -0.25) is 9.59 Å². The third-order valence-electron chi connectivity index (χ3n) is 7.37. The van der Waals surface area contributed by atoms with Gasteiger partial charge in [-0.25, -0.2) is 14.4 Å². The number of carbonyl (C=O) groups is 5. The average Bonchev–Trinajstić information content (AvgIpc) is 3.08. The monoisotopic (exact) mass is 641 g/mol. The second-order valence-electron chi connectivity index (χ2n) is 10.8. The minimum Gasteiger partial charge on any atom is -0.465 e. The number of carbonyl (C=O) groups excluding carboxylic acids is 4. The van der Waals surface area contributed by atoms with Gasteiger partial charge in [0, 0.05) is 39.3 Å². The minimum absolute atomic E-state index is 0.0201. The molecule has 1 fully saturated rings. The zero-order valence-electron chi connectivity index (χ0n) is 25.8. The summed E-state index contributed by atoms with van der Waals surface area (Å²) in [4.78, 5) is 65.1. The second-order valence-corrected chi connectivity index (χ2v) is 10.8. The van der Waals surface area contributed by atoms with Crippen LogP contribution in [-0.4, -0.2) is 102 Å². The summed E-state index contributed by atoms with van der Waals surface area (Å²) in [6.07, 6.45) is -0.969. The Morgan fingerprint density at radius 2 is 1.46 bits per heavy atom. The van der Waals surface area contributed by atoms with Gasteiger partial charge in [0.1, 0.15) is 19.3 Å². The highest BCUT2D eigenvalue weighted by molar-refractivity contribution is 5.89. The molecular formula is C32H43N5O9. The first kappa shape index (κ1) is 35.6. The number of ether oxygens (including phenoxy) is 2. The Labute approximate surface area is 268 Å². The molecule has 1 aliphatic rings. The van der Waals surface area contributed by atoms with Crippen molar-refractivity contribution < 1.29 is 43.7 Å². The number of amides is 5. The average molecular weight is 642 g/mol. The van der Waals surface area contributed by atoms with E-state index in [0.717, 1.165) is 11.1 Å². The fourth-order valence-corrected chi connectivity index (χ4v) is 4.92. The minimum atomic E-state index is -1.11. The van der Waals surface area contributed by atoms with Crippen molar-refractivity contribution in [1.29, 1.82) is 0 Å². The number of hydrogen-bond acceptors (Lipinski definition) is 8. The van der Waals surface area contributed by atoms with Gasteiger partial charge >= 0.3 is 18.3 Å². The predicted molar refractivity (Wildman–Crippen MR) is 166 cm³/mol. The summed E-state index contributed by atoms with van der Waals surface area (Å²) in [5.41, 5.74) is 1.65. The Morgan fingerprint density at radius 3 is 2.02 bits per heavy atom. The number of nitrogens with zero attached hydrogens (tertiary/aromatic N) is 2. The Balaban J connectivity index is 1.55. The van der Waals surface area contributed by atoms with Crippen molar-refractivity contribution >= 4 is 30.1 Å². The van der Waals surface area contributed by atoms with E-state index in [1.54, 1.807) is 0 Å². The first-order chi connectivity index (χ1) is 22.3. The standard InChI is InChI=1S/C32H43N5O9/c38-20-19-36(18-16-34-31(42)46-23-25-11-5-2-6-12-25)29(40)27(35-28(39)26-13-8-17-37(21-26)32(43)44)14-7-15-33-30(41)45-22-24-9-3-1-4-10-24/h1-6,9-12,26-27,38H,7-8,13-23H2,(H,33,41)(H,34,42)(H,35,39)(H,43,44)/t26?,27-/m0/s1. The fraction of sp³-hybridized carbons (Fsp3) is 0.469. The lowest BCUT2D eigenvalue weighted by atomic mass is 9.96. The molecule has 1 unspecified atom stereocenters. The lowest BCUT2D eigenvalue weighted by molar-refractivity contribution is -0.138. The van der Waals surface area contributed by atoms with Crippen molar-refractivity contribution in [2.45, 2.75) is 44.9 Å². The van der Waals surface area contributed by atoms with Crippen LogP contribution in [0.4, 0.5) is 14.4 Å². The molecule has 0 bridgehead atoms. The van der Waals surface area contributed by atoms with E-state index >= 15 is 0 Å². The summed E-state index contributed by atoms with van der Waals surface area (Å²) >= 11 is 0. The third-order valence-corrected chi connectivity index (χ3v) is 7.37. The SMILES string of the molecule is O=C(NCCC[C@H](NC(=O)C1CCCN(C(=O)O)C1)C(=O)N(CCO)CCNC(=O)OCc1ccccc1)OCc1ccccc1. The van der Waals surface area contributed by atoms with Crippen LogP contribution < -0.4 is 16.0 Å². The van der Waals surface area contributed by atoms with E-state index in [1.807, 2.05) is 60.7 Å². The number of alkyl carbamates (subject to hydrolysis) is 2. The topological polar surface area (TPSA) is 187 Å². The van der Waals surface area contributed by atoms with Crippen LogP contribution in [0, 0.1) is 5.92 Å². The number of nitrogens with one attached hydrogen (secondary N) is 3. The van der Waals surface area contributed by atoms with Crippen LogP contribution in [0.3, 0.4) is 0 Å². The van der Waals surface area contributed by atoms with Gasteiger partial charge in [0.25, 0.3) is 0 Å². The molecule has 14 nitrogen and oxygen atoms in total. The zero-order chi connectivity index (χ0) is 33.1. The molecule has 1 heterocycles. The van der Waals surface area contributed by atoms with Crippen molar-refractivity contribution in [3.8, 4) is 0 Å². The summed E-state index contributed by atoms with van der Waals surface area (Å²) in [5, 5.41) is 27.0. The van der Waals surface area contributed by atoms with E-state index in [9.17, 15) is 34.2 Å². The molecule has 5 amide bonds. The smallest absolute Gasteiger partial charge is 0.407 e. The summed E-state index contributed by atoms with van der Waals surface area (Å²) in [6, 6.07) is 17.3. The number of likely N-dealkylation sites (tertiary alicyclic amines) is 1. The van der Waals surface area contributed by atoms with E-state index < -0.39 is 42.1 Å². The molecule has 0 saturated carbocycles. The number of carboxylic acid groups (broad SMARTS) is 1. The lowest BCUT2D eigenvalue weighted by Gasteiger charge is -2.32. The molecular weight excluding hydrogens is 598 g/mol. The second kappa shape index (κ2) is 19.5. The summed E-state index contributed by atoms with van der Waals surface area (Å²) in [7, 11) is 0. The van der Waals surface area contributed by atoms with Gasteiger partial charge < -0.3 is 45.4 Å². The van der Waals surface area contributed by atoms with Crippen LogP contribution in [0.25, 0.3) is 0 Å². The largest absolute Gasteiger partial charge is 0.465 e. The first-order valence-corrected chi connectivity index (χ1v) is 15.3. The lowest BCUT2D eigenvalue weighted by Crippen LogP contribution is -2.54. The van der Waals surface area contributed by atoms with Gasteiger partial charge in [-0.1, -0.05) is 60.7 Å². The first-order valence-electron chi connectivity index (χ1n) is 15.3. The summed E-state index contributed by atoms with van der Waals surface area (Å²) < 4.78 is 10.4. The molecule has 250 valence electrons. The Kier molecular flexibility index (Phi) is 15.1. The number of rotatable bonds is 16. The van der Waals surface area contributed by atoms with E-state index in [4.69, 9.17) is 9.47 Å². The highest BCUT2D eigenvalue weighted by atomic mass is 16.6. The van der Waals surface area contributed by atoms with E-state index in [-0.39, 0.29) is 59.0 Å². The molecule has 3 rings (SSSR count). The maximum Gasteiger partial charge on any atom is 0.407 e. The number of aliphatic hydroxyl groups is 1. The third kappa shape index (κ3) is 12.6. The van der Waals surface area contributed by atoms with Crippen LogP contribution in [-0.2, 0) is 32.3 Å². The molecule has 2 atom stereocenters. The van der Waals surface area contributed by atoms with Gasteiger partial charge in [-0.05, 0) is 36.8 Å². The van der Waals surface area contributed by atoms with Crippen LogP contribution in [0.2, 0.25) is 0 Å². The highest BCUT2D eigenvalue weighted by Gasteiger charge is 2.32. The quantitative estimate of drug-likeness (QED) is 0.172. The van der Waals surface area contributed by atoms with Crippen LogP contribution in [0.15, 0.2) is 60.7 Å². The molecule has 1 aliphatic heterocycles. The molecule has 2 aromatic rings. The van der Waals surface area contributed by atoms with Gasteiger partial charge in [0.15, 0.2) is 0 Å². The van der Waals surface area contributed by atoms with Crippen LogP contribution in [0.1, 0.15) is 36.8 Å². The van der Waals surface area contributed by atoms with Gasteiger partial charge in [-0.15, -0.1) is 0 Å². The normalized spacial score (nSPS) is 14.8. The Morgan fingerprint density at radius 1 is 0.870 bits per heavy atom. The maximum atomic E-state index is 13.6. The molecule has 2 aromatic carbocycles. The van der Waals surface area contributed by atoms with Crippen molar-refractivity contribution in [2.75, 3.05) is 45.9 Å². The number of benzene rings is 2. The van der Waals surface area contributed by atoms with Crippen molar-refractivity contribution in [2.24, 2.45) is 5.92 Å². The molecule has 1 saturated heterocycles. The number of hydrogen-bond donors (Lipinski definition) is 5. The predicted octanol–water partition coefficient (Wildman–Crippen LogP) is 2.32. The van der Waals surface area contributed by atoms with Crippen molar-refractivity contribution in [1.82, 2.24) is 25.8 Å². The van der Waals surface area contributed by atoms with E-state index in [2.05, 4.69) is 16.0 Å². The van der Waals surface area contributed by atoms with Gasteiger partial charge in [0.2, 0.25) is 11.8 Å². The molecule has 5 N–H and O–H groups in total. The van der Waals surface area contributed by atoms with Crippen molar-refractivity contribution in [3.63, 3.8) is 0 Å². The molecule has 0 aliphatic carbocycles. The number of aliphatic hydroxyl groups excluding tert-OH is 1. The molecule has 0 spiro atoms. The molecule has 0 aromatic heterocycles. The summed E-state index contributed by atoms with van der Waals surface area (Å²) in [5.74, 6) is -1.57. The molecule has 46 heavy (non-hydrogen) atoms. The van der Waals surface area contributed by atoms with Crippen LogP contribution >= 0.6 is 0 Å². The van der Waals surface area contributed by atoms with Gasteiger partial charge in [-0.2, -0.15) is 0 Å². The maximum absolute atomic E-state index is 13.6. The highest BCUT2D eigenvalue weighted by Crippen LogP contribution is 2.17. The number of piperidine rings is 1. The van der Waals surface area contributed by atoms with Crippen molar-refractivity contribution in [3.05, 3.63) is 71.8 Å². The van der Waals surface area contributed by atoms with E-state index in [0.29, 0.717) is 25.8 Å². The zero-order valence-corrected chi connectivity index (χ0v) is 25.8.